The molecule has 0 radical (unpaired) electrons. The number of thioether (sulfide) groups is 1. The SMILES string of the molecule is Cc1ccc(SCCC(=O)NC(CO)(CO)CO)cc1C. The summed E-state index contributed by atoms with van der Waals surface area (Å²) < 4.78 is 0. The molecule has 1 aromatic rings. The summed E-state index contributed by atoms with van der Waals surface area (Å²) in [6.07, 6.45) is 0.249. The molecule has 5 nitrogen and oxygen atoms in total. The summed E-state index contributed by atoms with van der Waals surface area (Å²) in [4.78, 5) is 12.9. The van der Waals surface area contributed by atoms with E-state index in [-0.39, 0.29) is 12.3 Å². The van der Waals surface area contributed by atoms with E-state index in [1.54, 1.807) is 11.8 Å². The third kappa shape index (κ3) is 5.32. The Bertz CT molecular complexity index is 466. The van der Waals surface area contributed by atoms with Gasteiger partial charge in [-0.2, -0.15) is 0 Å². The Morgan fingerprint density at radius 2 is 1.76 bits per heavy atom. The van der Waals surface area contributed by atoms with Gasteiger partial charge in [0.15, 0.2) is 0 Å². The summed E-state index contributed by atoms with van der Waals surface area (Å²) >= 11 is 1.57. The van der Waals surface area contributed by atoms with Gasteiger partial charge in [0.05, 0.1) is 19.8 Å². The van der Waals surface area contributed by atoms with E-state index in [1.165, 1.54) is 11.1 Å². The minimum Gasteiger partial charge on any atom is -0.394 e. The largest absolute Gasteiger partial charge is 0.394 e. The monoisotopic (exact) mass is 313 g/mol. The maximum atomic E-state index is 11.8. The van der Waals surface area contributed by atoms with Crippen LogP contribution >= 0.6 is 11.8 Å². The molecule has 1 aromatic carbocycles. The number of amides is 1. The lowest BCUT2D eigenvalue weighted by atomic mass is 10.0. The van der Waals surface area contributed by atoms with Crippen LogP contribution in [0.1, 0.15) is 17.5 Å². The lowest BCUT2D eigenvalue weighted by Crippen LogP contribution is -2.57. The van der Waals surface area contributed by atoms with Crippen LogP contribution in [0.4, 0.5) is 0 Å². The Hall–Kier alpha value is -1.08. The lowest BCUT2D eigenvalue weighted by molar-refractivity contribution is -0.124. The van der Waals surface area contributed by atoms with Crippen molar-refractivity contribution in [1.29, 1.82) is 0 Å². The highest BCUT2D eigenvalue weighted by Crippen LogP contribution is 2.21. The Morgan fingerprint density at radius 3 is 2.29 bits per heavy atom. The van der Waals surface area contributed by atoms with Crippen LogP contribution in [0.2, 0.25) is 0 Å². The molecular formula is C15H23NO4S. The molecule has 0 aliphatic heterocycles. The summed E-state index contributed by atoms with van der Waals surface area (Å²) in [5.41, 5.74) is 1.10. The van der Waals surface area contributed by atoms with Crippen molar-refractivity contribution in [2.75, 3.05) is 25.6 Å². The van der Waals surface area contributed by atoms with Crippen molar-refractivity contribution in [3.8, 4) is 0 Å². The van der Waals surface area contributed by atoms with Gasteiger partial charge in [0, 0.05) is 17.1 Å². The zero-order valence-corrected chi connectivity index (χ0v) is 13.2. The first-order valence-corrected chi connectivity index (χ1v) is 7.78. The standard InChI is InChI=1S/C15H23NO4S/c1-11-3-4-13(7-12(11)2)21-6-5-14(20)16-15(8-17,9-18)10-19/h3-4,7,17-19H,5-6,8-10H2,1-2H3,(H,16,20). The zero-order chi connectivity index (χ0) is 15.9. The highest BCUT2D eigenvalue weighted by Gasteiger charge is 2.29. The van der Waals surface area contributed by atoms with E-state index in [0.29, 0.717) is 5.75 Å². The highest BCUT2D eigenvalue weighted by atomic mass is 32.2. The second-order valence-electron chi connectivity index (χ2n) is 5.15. The van der Waals surface area contributed by atoms with E-state index < -0.39 is 25.4 Å². The quantitative estimate of drug-likeness (QED) is 0.528. The fourth-order valence-electron chi connectivity index (χ4n) is 1.69. The Morgan fingerprint density at radius 1 is 1.14 bits per heavy atom. The molecule has 118 valence electrons. The van der Waals surface area contributed by atoms with Gasteiger partial charge in [-0.25, -0.2) is 0 Å². The van der Waals surface area contributed by atoms with Crippen LogP contribution in [-0.4, -0.2) is 52.3 Å². The number of hydrogen-bond acceptors (Lipinski definition) is 5. The van der Waals surface area contributed by atoms with Gasteiger partial charge in [-0.3, -0.25) is 4.79 Å². The number of benzene rings is 1. The van der Waals surface area contributed by atoms with Gasteiger partial charge in [-0.1, -0.05) is 6.07 Å². The third-order valence-electron chi connectivity index (χ3n) is 3.39. The molecule has 0 spiro atoms. The molecule has 6 heteroatoms. The molecule has 0 saturated carbocycles. The van der Waals surface area contributed by atoms with Gasteiger partial charge in [0.1, 0.15) is 5.54 Å². The second-order valence-corrected chi connectivity index (χ2v) is 6.32. The van der Waals surface area contributed by atoms with Crippen LogP contribution in [0.25, 0.3) is 0 Å². The van der Waals surface area contributed by atoms with Crippen molar-refractivity contribution in [2.45, 2.75) is 30.7 Å². The number of hydrogen-bond donors (Lipinski definition) is 4. The summed E-state index contributed by atoms with van der Waals surface area (Å²) in [6.45, 7) is 2.59. The first-order chi connectivity index (χ1) is 9.96. The highest BCUT2D eigenvalue weighted by molar-refractivity contribution is 7.99. The number of carbonyl (C=O) groups excluding carboxylic acids is 1. The van der Waals surface area contributed by atoms with Gasteiger partial charge in [-0.15, -0.1) is 11.8 Å². The van der Waals surface area contributed by atoms with Crippen LogP contribution in [0.15, 0.2) is 23.1 Å². The van der Waals surface area contributed by atoms with Gasteiger partial charge in [-0.05, 0) is 37.1 Å². The lowest BCUT2D eigenvalue weighted by Gasteiger charge is -2.28. The smallest absolute Gasteiger partial charge is 0.221 e. The molecule has 1 rings (SSSR count). The Balaban J connectivity index is 2.44. The van der Waals surface area contributed by atoms with Crippen molar-refractivity contribution >= 4 is 17.7 Å². The van der Waals surface area contributed by atoms with Crippen LogP contribution in [-0.2, 0) is 4.79 Å². The maximum absolute atomic E-state index is 11.8. The first-order valence-electron chi connectivity index (χ1n) is 6.80. The fourth-order valence-corrected chi connectivity index (χ4v) is 2.64. The number of aliphatic hydroxyl groups is 3. The van der Waals surface area contributed by atoms with Crippen molar-refractivity contribution < 1.29 is 20.1 Å². The Kier molecular flexibility index (Phi) is 7.17. The molecule has 0 aromatic heterocycles. The topological polar surface area (TPSA) is 89.8 Å². The molecule has 0 aliphatic carbocycles. The van der Waals surface area contributed by atoms with E-state index >= 15 is 0 Å². The van der Waals surface area contributed by atoms with Crippen LogP contribution in [0.3, 0.4) is 0 Å². The second kappa shape index (κ2) is 8.38. The minimum atomic E-state index is -1.35. The number of aryl methyl sites for hydroxylation is 2. The fraction of sp³-hybridized carbons (Fsp3) is 0.533. The summed E-state index contributed by atoms with van der Waals surface area (Å²) in [5, 5.41) is 29.9. The van der Waals surface area contributed by atoms with Gasteiger partial charge in [0.2, 0.25) is 5.91 Å². The predicted molar refractivity (Wildman–Crippen MR) is 83.4 cm³/mol. The molecule has 0 saturated heterocycles. The van der Waals surface area contributed by atoms with Crippen molar-refractivity contribution in [2.24, 2.45) is 0 Å². The molecule has 0 fully saturated rings. The summed E-state index contributed by atoms with van der Waals surface area (Å²) in [5.74, 6) is 0.288. The molecular weight excluding hydrogens is 290 g/mol. The number of aliphatic hydroxyl groups excluding tert-OH is 3. The zero-order valence-electron chi connectivity index (χ0n) is 12.4. The number of rotatable bonds is 8. The maximum Gasteiger partial charge on any atom is 0.221 e. The number of carbonyl (C=O) groups is 1. The van der Waals surface area contributed by atoms with Crippen LogP contribution in [0.5, 0.6) is 0 Å². The average Bonchev–Trinajstić information content (AvgIpc) is 2.48. The van der Waals surface area contributed by atoms with Gasteiger partial charge < -0.3 is 20.6 Å². The van der Waals surface area contributed by atoms with E-state index in [4.69, 9.17) is 15.3 Å². The van der Waals surface area contributed by atoms with Crippen molar-refractivity contribution in [1.82, 2.24) is 5.32 Å². The minimum absolute atomic E-state index is 0.249. The molecule has 4 N–H and O–H groups in total. The average molecular weight is 313 g/mol. The molecule has 1 amide bonds. The molecule has 0 heterocycles. The molecule has 0 unspecified atom stereocenters. The predicted octanol–water partition coefficient (Wildman–Crippen LogP) is 0.618. The summed E-state index contributed by atoms with van der Waals surface area (Å²) in [7, 11) is 0. The third-order valence-corrected chi connectivity index (χ3v) is 4.38. The molecule has 0 aliphatic rings. The molecule has 0 atom stereocenters. The van der Waals surface area contributed by atoms with E-state index in [1.807, 2.05) is 19.1 Å². The summed E-state index contributed by atoms with van der Waals surface area (Å²) in [6, 6.07) is 6.15. The van der Waals surface area contributed by atoms with Crippen molar-refractivity contribution in [3.63, 3.8) is 0 Å². The van der Waals surface area contributed by atoms with Gasteiger partial charge in [0.25, 0.3) is 0 Å². The first kappa shape index (κ1) is 18.0. The Labute approximate surface area is 129 Å². The van der Waals surface area contributed by atoms with Crippen molar-refractivity contribution in [3.05, 3.63) is 29.3 Å². The van der Waals surface area contributed by atoms with E-state index in [2.05, 4.69) is 18.3 Å². The van der Waals surface area contributed by atoms with Gasteiger partial charge >= 0.3 is 0 Å². The van der Waals surface area contributed by atoms with E-state index in [9.17, 15) is 4.79 Å². The normalized spacial score (nSPS) is 11.5. The van der Waals surface area contributed by atoms with E-state index in [0.717, 1.165) is 4.90 Å². The molecule has 0 bridgehead atoms. The van der Waals surface area contributed by atoms with Crippen LogP contribution in [0, 0.1) is 13.8 Å². The van der Waals surface area contributed by atoms with Crippen LogP contribution < -0.4 is 5.32 Å². The molecule has 21 heavy (non-hydrogen) atoms. The number of nitrogens with one attached hydrogen (secondary N) is 1.